The molecule has 2 aromatic rings. The number of carbonyl (C=O) groups is 2. The number of rotatable bonds is 6. The molecule has 0 unspecified atom stereocenters. The van der Waals surface area contributed by atoms with E-state index in [9.17, 15) is 14.0 Å². The van der Waals surface area contributed by atoms with Crippen molar-refractivity contribution < 1.29 is 18.7 Å². The van der Waals surface area contributed by atoms with Gasteiger partial charge in [-0.05, 0) is 42.8 Å². The van der Waals surface area contributed by atoms with Gasteiger partial charge in [-0.2, -0.15) is 0 Å². The molecule has 1 aliphatic rings. The minimum Gasteiger partial charge on any atom is -0.495 e. The molecule has 170 valence electrons. The fourth-order valence-electron chi connectivity index (χ4n) is 3.71. The Labute approximate surface area is 191 Å². The molecule has 1 fully saturated rings. The first kappa shape index (κ1) is 23.6. The Kier molecular flexibility index (Phi) is 7.71. The van der Waals surface area contributed by atoms with Gasteiger partial charge in [-0.3, -0.25) is 9.69 Å². The van der Waals surface area contributed by atoms with Gasteiger partial charge in [-0.1, -0.05) is 23.7 Å². The van der Waals surface area contributed by atoms with Gasteiger partial charge in [0.05, 0.1) is 17.8 Å². The Balaban J connectivity index is 1.67. The van der Waals surface area contributed by atoms with Crippen molar-refractivity contribution in [2.75, 3.05) is 32.1 Å². The number of amides is 3. The van der Waals surface area contributed by atoms with Crippen LogP contribution >= 0.6 is 11.6 Å². The van der Waals surface area contributed by atoms with Gasteiger partial charge < -0.3 is 20.7 Å². The van der Waals surface area contributed by atoms with Crippen LogP contribution in [0, 0.1) is 5.82 Å². The molecule has 1 atom stereocenters. The van der Waals surface area contributed by atoms with Crippen molar-refractivity contribution in [3.05, 3.63) is 64.4 Å². The normalized spacial score (nSPS) is 16.9. The third-order valence-corrected chi connectivity index (χ3v) is 5.60. The SMILES string of the molecule is COc1cc(/C=C/C(=O)N2CCN(Cc3ccc(F)cc3)C[C@H]2C)c(NC(N)=O)cc1Cl. The summed E-state index contributed by atoms with van der Waals surface area (Å²) in [6.45, 7) is 4.69. The molecule has 0 spiro atoms. The lowest BCUT2D eigenvalue weighted by Gasteiger charge is -2.39. The number of carbonyl (C=O) groups excluding carboxylic acids is 2. The third-order valence-electron chi connectivity index (χ3n) is 5.30. The van der Waals surface area contributed by atoms with Crippen molar-refractivity contribution in [2.24, 2.45) is 5.73 Å². The van der Waals surface area contributed by atoms with E-state index >= 15 is 0 Å². The average Bonchev–Trinajstić information content (AvgIpc) is 2.74. The van der Waals surface area contributed by atoms with E-state index in [0.29, 0.717) is 48.2 Å². The summed E-state index contributed by atoms with van der Waals surface area (Å²) >= 11 is 6.13. The Bertz CT molecular complexity index is 1010. The molecule has 0 saturated carbocycles. The molecule has 2 aromatic carbocycles. The van der Waals surface area contributed by atoms with Crippen molar-refractivity contribution in [3.8, 4) is 5.75 Å². The number of ether oxygens (including phenoxy) is 1. The molecule has 9 heteroatoms. The van der Waals surface area contributed by atoms with E-state index in [0.717, 1.165) is 5.56 Å². The molecule has 0 radical (unpaired) electrons. The molecule has 0 aliphatic carbocycles. The summed E-state index contributed by atoms with van der Waals surface area (Å²) in [5, 5.41) is 2.81. The zero-order valence-electron chi connectivity index (χ0n) is 18.0. The minimum atomic E-state index is -0.738. The lowest BCUT2D eigenvalue weighted by molar-refractivity contribution is -0.130. The van der Waals surface area contributed by atoms with Gasteiger partial charge in [0.25, 0.3) is 0 Å². The Morgan fingerprint density at radius 2 is 2.00 bits per heavy atom. The second-order valence-corrected chi connectivity index (χ2v) is 8.05. The van der Waals surface area contributed by atoms with Crippen LogP contribution in [0.25, 0.3) is 6.08 Å². The summed E-state index contributed by atoms with van der Waals surface area (Å²) in [4.78, 5) is 28.2. The summed E-state index contributed by atoms with van der Waals surface area (Å²) < 4.78 is 18.3. The smallest absolute Gasteiger partial charge is 0.316 e. The zero-order chi connectivity index (χ0) is 23.3. The number of nitrogens with zero attached hydrogens (tertiary/aromatic N) is 2. The van der Waals surface area contributed by atoms with E-state index in [2.05, 4.69) is 10.2 Å². The number of primary amides is 1. The lowest BCUT2D eigenvalue weighted by atomic mass is 10.1. The highest BCUT2D eigenvalue weighted by Gasteiger charge is 2.26. The number of halogens is 2. The largest absolute Gasteiger partial charge is 0.495 e. The van der Waals surface area contributed by atoms with Gasteiger partial charge in [0.1, 0.15) is 11.6 Å². The van der Waals surface area contributed by atoms with Crippen LogP contribution in [0.15, 0.2) is 42.5 Å². The van der Waals surface area contributed by atoms with Crippen LogP contribution < -0.4 is 15.8 Å². The number of hydrogen-bond acceptors (Lipinski definition) is 4. The highest BCUT2D eigenvalue weighted by Crippen LogP contribution is 2.32. The van der Waals surface area contributed by atoms with Crippen molar-refractivity contribution in [3.63, 3.8) is 0 Å². The number of hydrogen-bond donors (Lipinski definition) is 2. The fourth-order valence-corrected chi connectivity index (χ4v) is 3.95. The van der Waals surface area contributed by atoms with Crippen molar-refractivity contribution in [1.29, 1.82) is 0 Å². The third kappa shape index (κ3) is 5.99. The van der Waals surface area contributed by atoms with Gasteiger partial charge >= 0.3 is 6.03 Å². The second kappa shape index (κ2) is 10.5. The van der Waals surface area contributed by atoms with Gasteiger partial charge in [-0.15, -0.1) is 0 Å². The molecular weight excluding hydrogens is 435 g/mol. The molecular formula is C23H26ClFN4O3. The van der Waals surface area contributed by atoms with E-state index in [1.165, 1.54) is 31.4 Å². The zero-order valence-corrected chi connectivity index (χ0v) is 18.7. The molecule has 1 saturated heterocycles. The first-order valence-corrected chi connectivity index (χ1v) is 10.5. The molecule has 0 aromatic heterocycles. The number of benzene rings is 2. The molecule has 3 N–H and O–H groups in total. The van der Waals surface area contributed by atoms with Crippen molar-refractivity contribution in [1.82, 2.24) is 9.80 Å². The number of urea groups is 1. The van der Waals surface area contributed by atoms with E-state index < -0.39 is 6.03 Å². The van der Waals surface area contributed by atoms with Crippen molar-refractivity contribution >= 4 is 35.3 Å². The van der Waals surface area contributed by atoms with E-state index in [-0.39, 0.29) is 17.8 Å². The lowest BCUT2D eigenvalue weighted by Crippen LogP contribution is -2.53. The van der Waals surface area contributed by atoms with E-state index in [1.54, 1.807) is 29.2 Å². The highest BCUT2D eigenvalue weighted by molar-refractivity contribution is 6.32. The Morgan fingerprint density at radius 3 is 2.62 bits per heavy atom. The molecule has 1 heterocycles. The molecule has 1 aliphatic heterocycles. The Morgan fingerprint density at radius 1 is 1.28 bits per heavy atom. The summed E-state index contributed by atoms with van der Waals surface area (Å²) in [6.07, 6.45) is 3.06. The van der Waals surface area contributed by atoms with Crippen LogP contribution in [0.2, 0.25) is 5.02 Å². The summed E-state index contributed by atoms with van der Waals surface area (Å²) in [7, 11) is 1.48. The quantitative estimate of drug-likeness (QED) is 0.643. The number of nitrogens with one attached hydrogen (secondary N) is 1. The van der Waals surface area contributed by atoms with E-state index in [1.807, 2.05) is 6.92 Å². The molecule has 7 nitrogen and oxygen atoms in total. The maximum absolute atomic E-state index is 13.1. The number of nitrogens with two attached hydrogens (primary N) is 1. The van der Waals surface area contributed by atoms with Gasteiger partial charge in [0.2, 0.25) is 5.91 Å². The summed E-state index contributed by atoms with van der Waals surface area (Å²) in [5.41, 5.74) is 7.19. The summed E-state index contributed by atoms with van der Waals surface area (Å²) in [6, 6.07) is 8.87. The average molecular weight is 461 g/mol. The predicted molar refractivity (Wildman–Crippen MR) is 123 cm³/mol. The first-order valence-electron chi connectivity index (χ1n) is 10.2. The van der Waals surface area contributed by atoms with Crippen LogP contribution in [-0.2, 0) is 11.3 Å². The van der Waals surface area contributed by atoms with Crippen LogP contribution in [0.3, 0.4) is 0 Å². The fraction of sp³-hybridized carbons (Fsp3) is 0.304. The maximum Gasteiger partial charge on any atom is 0.316 e. The maximum atomic E-state index is 13.1. The van der Waals surface area contributed by atoms with Crippen LogP contribution in [0.4, 0.5) is 14.9 Å². The molecule has 3 amide bonds. The predicted octanol–water partition coefficient (Wildman–Crippen LogP) is 3.72. The van der Waals surface area contributed by atoms with Crippen LogP contribution in [-0.4, -0.2) is 54.5 Å². The molecule has 0 bridgehead atoms. The second-order valence-electron chi connectivity index (χ2n) is 7.64. The number of piperazine rings is 1. The number of anilines is 1. The Hall–Kier alpha value is -3.10. The number of methoxy groups -OCH3 is 1. The molecule has 3 rings (SSSR count). The standard InChI is InChI=1S/C23H26ClFN4O3/c1-15-13-28(14-16-3-6-18(25)7-4-16)9-10-29(15)22(30)8-5-17-11-21(32-2)19(24)12-20(17)27-23(26)31/h3-8,11-12,15H,9-10,13-14H2,1-2H3,(H3,26,27,31)/b8-5+/t15-/m1/s1. The van der Waals surface area contributed by atoms with Crippen LogP contribution in [0.5, 0.6) is 5.75 Å². The molecule has 32 heavy (non-hydrogen) atoms. The highest BCUT2D eigenvalue weighted by atomic mass is 35.5. The first-order chi connectivity index (χ1) is 15.3. The van der Waals surface area contributed by atoms with Crippen LogP contribution in [0.1, 0.15) is 18.1 Å². The monoisotopic (exact) mass is 460 g/mol. The van der Waals surface area contributed by atoms with Gasteiger partial charge in [0, 0.05) is 43.9 Å². The van der Waals surface area contributed by atoms with Gasteiger partial charge in [-0.25, -0.2) is 9.18 Å². The minimum absolute atomic E-state index is 0.00400. The van der Waals surface area contributed by atoms with Crippen molar-refractivity contribution in [2.45, 2.75) is 19.5 Å². The van der Waals surface area contributed by atoms with Gasteiger partial charge in [0.15, 0.2) is 0 Å². The van der Waals surface area contributed by atoms with E-state index in [4.69, 9.17) is 22.1 Å². The summed E-state index contributed by atoms with van der Waals surface area (Å²) in [5.74, 6) is 0.0197. The topological polar surface area (TPSA) is 87.9 Å².